The summed E-state index contributed by atoms with van der Waals surface area (Å²) < 4.78 is 0. The standard InChI is InChI=1S/C8H12N2S2/c1-7-6-8(10-9-7)2-4-11-12-5-3-8/h6H,2-5H2,1H3. The summed E-state index contributed by atoms with van der Waals surface area (Å²) in [5, 5.41) is 8.50. The maximum absolute atomic E-state index is 4.37. The topological polar surface area (TPSA) is 24.7 Å². The number of azo groups is 1. The van der Waals surface area contributed by atoms with Gasteiger partial charge in [-0.25, -0.2) is 0 Å². The van der Waals surface area contributed by atoms with E-state index in [1.165, 1.54) is 11.5 Å². The fourth-order valence-corrected chi connectivity index (χ4v) is 3.87. The van der Waals surface area contributed by atoms with Crippen LogP contribution >= 0.6 is 21.6 Å². The Bertz CT molecular complexity index is 227. The van der Waals surface area contributed by atoms with Gasteiger partial charge in [0.25, 0.3) is 0 Å². The first kappa shape index (κ1) is 8.63. The Labute approximate surface area is 80.7 Å². The van der Waals surface area contributed by atoms with Gasteiger partial charge in [0.1, 0.15) is 5.54 Å². The van der Waals surface area contributed by atoms with Crippen LogP contribution in [0.4, 0.5) is 0 Å². The zero-order chi connectivity index (χ0) is 8.44. The molecule has 0 aromatic rings. The minimum atomic E-state index is 0.0839. The number of allylic oxidation sites excluding steroid dienone is 1. The molecular formula is C8H12N2S2. The first-order valence-corrected chi connectivity index (χ1v) is 6.66. The van der Waals surface area contributed by atoms with E-state index in [4.69, 9.17) is 0 Å². The zero-order valence-corrected chi connectivity index (χ0v) is 8.75. The van der Waals surface area contributed by atoms with Crippen LogP contribution in [0.15, 0.2) is 22.0 Å². The molecule has 1 spiro atoms. The van der Waals surface area contributed by atoms with Crippen molar-refractivity contribution < 1.29 is 0 Å². The Kier molecular flexibility index (Phi) is 2.46. The average Bonchev–Trinajstić information content (AvgIpc) is 2.30. The summed E-state index contributed by atoms with van der Waals surface area (Å²) in [6.07, 6.45) is 4.55. The molecule has 2 heterocycles. The van der Waals surface area contributed by atoms with Gasteiger partial charge in [-0.1, -0.05) is 21.6 Å². The van der Waals surface area contributed by atoms with E-state index in [-0.39, 0.29) is 5.54 Å². The van der Waals surface area contributed by atoms with Gasteiger partial charge in [0, 0.05) is 11.5 Å². The van der Waals surface area contributed by atoms with Crippen LogP contribution in [0.1, 0.15) is 19.8 Å². The van der Waals surface area contributed by atoms with Gasteiger partial charge in [-0.15, -0.1) is 0 Å². The SMILES string of the molecule is CC1=CC2(CCSSCC2)N=N1. The fourth-order valence-electron chi connectivity index (χ4n) is 1.55. The van der Waals surface area contributed by atoms with Crippen molar-refractivity contribution in [1.29, 1.82) is 0 Å². The van der Waals surface area contributed by atoms with Crippen molar-refractivity contribution in [3.63, 3.8) is 0 Å². The van der Waals surface area contributed by atoms with Gasteiger partial charge in [0.05, 0.1) is 5.70 Å². The molecule has 12 heavy (non-hydrogen) atoms. The summed E-state index contributed by atoms with van der Waals surface area (Å²) >= 11 is 0. The van der Waals surface area contributed by atoms with E-state index in [1.54, 1.807) is 0 Å². The second-order valence-electron chi connectivity index (χ2n) is 3.23. The molecule has 0 saturated carbocycles. The zero-order valence-electron chi connectivity index (χ0n) is 7.12. The smallest absolute Gasteiger partial charge is 0.104 e. The molecule has 0 unspecified atom stereocenters. The second kappa shape index (κ2) is 3.42. The quantitative estimate of drug-likeness (QED) is 0.561. The molecule has 0 bridgehead atoms. The Hall–Kier alpha value is 0.0400. The van der Waals surface area contributed by atoms with Crippen LogP contribution in [-0.2, 0) is 0 Å². The third kappa shape index (κ3) is 1.69. The Balaban J connectivity index is 2.14. The molecule has 0 aliphatic carbocycles. The van der Waals surface area contributed by atoms with Crippen molar-refractivity contribution >= 4 is 21.6 Å². The van der Waals surface area contributed by atoms with Crippen LogP contribution in [0.3, 0.4) is 0 Å². The minimum absolute atomic E-state index is 0.0839. The normalized spacial score (nSPS) is 27.2. The Morgan fingerprint density at radius 3 is 2.50 bits per heavy atom. The predicted molar refractivity (Wildman–Crippen MR) is 55.5 cm³/mol. The van der Waals surface area contributed by atoms with Crippen molar-refractivity contribution in [2.24, 2.45) is 10.2 Å². The molecule has 66 valence electrons. The van der Waals surface area contributed by atoms with Crippen LogP contribution in [-0.4, -0.2) is 17.0 Å². The highest BCUT2D eigenvalue weighted by molar-refractivity contribution is 8.76. The number of hydrogen-bond donors (Lipinski definition) is 0. The molecule has 2 aliphatic heterocycles. The summed E-state index contributed by atoms with van der Waals surface area (Å²) in [5.41, 5.74) is 1.17. The molecule has 2 rings (SSSR count). The highest BCUT2D eigenvalue weighted by Gasteiger charge is 2.31. The maximum Gasteiger partial charge on any atom is 0.104 e. The van der Waals surface area contributed by atoms with Gasteiger partial charge >= 0.3 is 0 Å². The fraction of sp³-hybridized carbons (Fsp3) is 0.750. The molecule has 0 radical (unpaired) electrons. The predicted octanol–water partition coefficient (Wildman–Crippen LogP) is 3.27. The van der Waals surface area contributed by atoms with E-state index in [1.807, 2.05) is 28.5 Å². The van der Waals surface area contributed by atoms with E-state index in [2.05, 4.69) is 16.3 Å². The summed E-state index contributed by atoms with van der Waals surface area (Å²) in [5.74, 6) is 2.40. The maximum atomic E-state index is 4.37. The lowest BCUT2D eigenvalue weighted by atomic mass is 9.94. The largest absolute Gasteiger partial charge is 0.178 e. The summed E-state index contributed by atoms with van der Waals surface area (Å²) in [6.45, 7) is 2.03. The first-order chi connectivity index (χ1) is 5.81. The van der Waals surface area contributed by atoms with Crippen molar-refractivity contribution in [2.45, 2.75) is 25.3 Å². The van der Waals surface area contributed by atoms with Crippen molar-refractivity contribution in [1.82, 2.24) is 0 Å². The van der Waals surface area contributed by atoms with Crippen molar-refractivity contribution in [3.8, 4) is 0 Å². The molecule has 0 N–H and O–H groups in total. The van der Waals surface area contributed by atoms with E-state index in [0.717, 1.165) is 18.5 Å². The Morgan fingerprint density at radius 2 is 2.00 bits per heavy atom. The first-order valence-electron chi connectivity index (χ1n) is 4.18. The van der Waals surface area contributed by atoms with Crippen LogP contribution in [0.2, 0.25) is 0 Å². The monoisotopic (exact) mass is 200 g/mol. The highest BCUT2D eigenvalue weighted by atomic mass is 33.1. The lowest BCUT2D eigenvalue weighted by molar-refractivity contribution is 0.499. The Morgan fingerprint density at radius 1 is 1.33 bits per heavy atom. The van der Waals surface area contributed by atoms with E-state index in [0.29, 0.717) is 0 Å². The molecule has 0 aromatic carbocycles. The van der Waals surface area contributed by atoms with Gasteiger partial charge in [0.15, 0.2) is 0 Å². The molecule has 4 heteroatoms. The van der Waals surface area contributed by atoms with Crippen molar-refractivity contribution in [2.75, 3.05) is 11.5 Å². The van der Waals surface area contributed by atoms with Crippen LogP contribution in [0, 0.1) is 0 Å². The lowest BCUT2D eigenvalue weighted by Gasteiger charge is -2.18. The molecule has 0 aromatic heterocycles. The molecule has 1 fully saturated rings. The molecular weight excluding hydrogens is 188 g/mol. The third-order valence-corrected chi connectivity index (χ3v) is 4.61. The van der Waals surface area contributed by atoms with E-state index in [9.17, 15) is 0 Å². The van der Waals surface area contributed by atoms with Crippen LogP contribution in [0.5, 0.6) is 0 Å². The minimum Gasteiger partial charge on any atom is -0.178 e. The van der Waals surface area contributed by atoms with Gasteiger partial charge in [-0.3, -0.25) is 0 Å². The van der Waals surface area contributed by atoms with Gasteiger partial charge in [0.2, 0.25) is 0 Å². The van der Waals surface area contributed by atoms with Crippen LogP contribution < -0.4 is 0 Å². The summed E-state index contributed by atoms with van der Waals surface area (Å²) in [6, 6.07) is 0. The van der Waals surface area contributed by atoms with Gasteiger partial charge in [-0.2, -0.15) is 10.2 Å². The average molecular weight is 200 g/mol. The van der Waals surface area contributed by atoms with Gasteiger partial charge < -0.3 is 0 Å². The molecule has 0 amide bonds. The lowest BCUT2D eigenvalue weighted by Crippen LogP contribution is -2.22. The molecule has 2 nitrogen and oxygen atoms in total. The highest BCUT2D eigenvalue weighted by Crippen LogP contribution is 2.39. The van der Waals surface area contributed by atoms with Crippen LogP contribution in [0.25, 0.3) is 0 Å². The number of rotatable bonds is 0. The summed E-state index contributed by atoms with van der Waals surface area (Å²) in [7, 11) is 3.93. The van der Waals surface area contributed by atoms with E-state index < -0.39 is 0 Å². The number of hydrogen-bond acceptors (Lipinski definition) is 4. The van der Waals surface area contributed by atoms with E-state index >= 15 is 0 Å². The molecule has 2 aliphatic rings. The second-order valence-corrected chi connectivity index (χ2v) is 5.94. The van der Waals surface area contributed by atoms with Gasteiger partial charge in [-0.05, 0) is 25.8 Å². The summed E-state index contributed by atoms with van der Waals surface area (Å²) in [4.78, 5) is 0. The number of nitrogens with zero attached hydrogens (tertiary/aromatic N) is 2. The van der Waals surface area contributed by atoms with Crippen molar-refractivity contribution in [3.05, 3.63) is 11.8 Å². The molecule has 0 atom stereocenters. The third-order valence-electron chi connectivity index (χ3n) is 2.20. The molecule has 1 saturated heterocycles.